The van der Waals surface area contributed by atoms with Crippen molar-refractivity contribution in [1.82, 2.24) is 9.97 Å². The summed E-state index contributed by atoms with van der Waals surface area (Å²) >= 11 is 3.32. The highest BCUT2D eigenvalue weighted by molar-refractivity contribution is 9.10. The van der Waals surface area contributed by atoms with Crippen LogP contribution in [0.1, 0.15) is 31.2 Å². The Balaban J connectivity index is 2.14. The number of hydrogen-bond donors (Lipinski definition) is 1. The standard InChI is InChI=1S/C14H14BrF2N3/c1-8(2)14-19-12(15)6-13(20-14)18-7-9-3-4-10(16)5-11(9)17/h3-6,8H,7H2,1-2H3,(H,18,19,20). The zero-order valence-corrected chi connectivity index (χ0v) is 12.7. The Hall–Kier alpha value is -1.56. The van der Waals surface area contributed by atoms with E-state index in [1.807, 2.05) is 13.8 Å². The van der Waals surface area contributed by atoms with Crippen LogP contribution in [0.5, 0.6) is 0 Å². The van der Waals surface area contributed by atoms with Gasteiger partial charge in [-0.1, -0.05) is 19.9 Å². The lowest BCUT2D eigenvalue weighted by molar-refractivity contribution is 0.574. The Morgan fingerprint density at radius 3 is 2.60 bits per heavy atom. The maximum Gasteiger partial charge on any atom is 0.134 e. The van der Waals surface area contributed by atoms with Gasteiger partial charge in [0.1, 0.15) is 27.9 Å². The minimum absolute atomic E-state index is 0.190. The lowest BCUT2D eigenvalue weighted by Gasteiger charge is -2.10. The molecule has 1 aromatic carbocycles. The van der Waals surface area contributed by atoms with Crippen molar-refractivity contribution in [3.63, 3.8) is 0 Å². The second kappa shape index (κ2) is 6.26. The van der Waals surface area contributed by atoms with Gasteiger partial charge < -0.3 is 5.32 Å². The fourth-order valence-electron chi connectivity index (χ4n) is 1.63. The third-order valence-corrected chi connectivity index (χ3v) is 3.11. The summed E-state index contributed by atoms with van der Waals surface area (Å²) in [5, 5.41) is 3.01. The summed E-state index contributed by atoms with van der Waals surface area (Å²) < 4.78 is 27.0. The monoisotopic (exact) mass is 341 g/mol. The van der Waals surface area contributed by atoms with Crippen molar-refractivity contribution in [2.45, 2.75) is 26.3 Å². The van der Waals surface area contributed by atoms with Crippen LogP contribution in [-0.2, 0) is 6.54 Å². The third-order valence-electron chi connectivity index (χ3n) is 2.70. The van der Waals surface area contributed by atoms with Crippen LogP contribution < -0.4 is 5.32 Å². The molecule has 0 aliphatic heterocycles. The van der Waals surface area contributed by atoms with Crippen molar-refractivity contribution >= 4 is 21.7 Å². The number of nitrogens with zero attached hydrogens (tertiary/aromatic N) is 2. The van der Waals surface area contributed by atoms with Crippen molar-refractivity contribution in [2.24, 2.45) is 0 Å². The fourth-order valence-corrected chi connectivity index (χ4v) is 2.03. The summed E-state index contributed by atoms with van der Waals surface area (Å²) in [6, 6.07) is 5.23. The van der Waals surface area contributed by atoms with Gasteiger partial charge in [0.25, 0.3) is 0 Å². The van der Waals surface area contributed by atoms with Gasteiger partial charge in [-0.15, -0.1) is 0 Å². The van der Waals surface area contributed by atoms with E-state index >= 15 is 0 Å². The molecular formula is C14H14BrF2N3. The minimum Gasteiger partial charge on any atom is -0.366 e. The van der Waals surface area contributed by atoms with Crippen molar-refractivity contribution in [1.29, 1.82) is 0 Å². The van der Waals surface area contributed by atoms with Crippen LogP contribution in [0, 0.1) is 11.6 Å². The number of benzene rings is 1. The predicted molar refractivity (Wildman–Crippen MR) is 77.5 cm³/mol. The normalized spacial score (nSPS) is 10.9. The van der Waals surface area contributed by atoms with E-state index in [9.17, 15) is 8.78 Å². The highest BCUT2D eigenvalue weighted by atomic mass is 79.9. The zero-order valence-electron chi connectivity index (χ0n) is 11.1. The van der Waals surface area contributed by atoms with E-state index < -0.39 is 11.6 Å². The summed E-state index contributed by atoms with van der Waals surface area (Å²) in [4.78, 5) is 8.61. The van der Waals surface area contributed by atoms with Gasteiger partial charge in [0.15, 0.2) is 0 Å². The summed E-state index contributed by atoms with van der Waals surface area (Å²) in [5.41, 5.74) is 0.382. The topological polar surface area (TPSA) is 37.8 Å². The molecule has 0 atom stereocenters. The van der Waals surface area contributed by atoms with Gasteiger partial charge in [-0.05, 0) is 22.0 Å². The van der Waals surface area contributed by atoms with E-state index in [1.54, 1.807) is 6.07 Å². The summed E-state index contributed by atoms with van der Waals surface area (Å²) in [6.07, 6.45) is 0. The second-order valence-corrected chi connectivity index (χ2v) is 5.49. The van der Waals surface area contributed by atoms with Crippen molar-refractivity contribution < 1.29 is 8.78 Å². The maximum absolute atomic E-state index is 13.5. The van der Waals surface area contributed by atoms with Crippen molar-refractivity contribution in [3.05, 3.63) is 51.9 Å². The Morgan fingerprint density at radius 2 is 1.95 bits per heavy atom. The van der Waals surface area contributed by atoms with Crippen LogP contribution in [0.2, 0.25) is 0 Å². The number of nitrogens with one attached hydrogen (secondary N) is 1. The van der Waals surface area contributed by atoms with Gasteiger partial charge >= 0.3 is 0 Å². The number of rotatable bonds is 4. The van der Waals surface area contributed by atoms with Crippen LogP contribution in [-0.4, -0.2) is 9.97 Å². The molecular weight excluding hydrogens is 328 g/mol. The molecule has 1 heterocycles. The summed E-state index contributed by atoms with van der Waals surface area (Å²) in [6.45, 7) is 4.21. The lowest BCUT2D eigenvalue weighted by Crippen LogP contribution is -2.07. The molecule has 0 unspecified atom stereocenters. The summed E-state index contributed by atoms with van der Waals surface area (Å²) in [5.74, 6) is 0.323. The molecule has 1 N–H and O–H groups in total. The first-order valence-corrected chi connectivity index (χ1v) is 6.97. The summed E-state index contributed by atoms with van der Waals surface area (Å²) in [7, 11) is 0. The molecule has 0 aliphatic rings. The molecule has 0 spiro atoms. The molecule has 0 amide bonds. The quantitative estimate of drug-likeness (QED) is 0.844. The molecule has 2 aromatic rings. The molecule has 0 saturated heterocycles. The van der Waals surface area contributed by atoms with E-state index in [4.69, 9.17) is 0 Å². The molecule has 0 saturated carbocycles. The zero-order chi connectivity index (χ0) is 14.7. The predicted octanol–water partition coefficient (Wildman–Crippen LogP) is 4.25. The Bertz CT molecular complexity index is 617. The van der Waals surface area contributed by atoms with Gasteiger partial charge in [-0.25, -0.2) is 18.7 Å². The second-order valence-electron chi connectivity index (χ2n) is 4.68. The number of halogens is 3. The largest absolute Gasteiger partial charge is 0.366 e. The highest BCUT2D eigenvalue weighted by Gasteiger charge is 2.08. The molecule has 2 rings (SSSR count). The SMILES string of the molecule is CC(C)c1nc(Br)cc(NCc2ccc(F)cc2F)n1. The smallest absolute Gasteiger partial charge is 0.134 e. The highest BCUT2D eigenvalue weighted by Crippen LogP contribution is 2.18. The van der Waals surface area contributed by atoms with E-state index in [0.29, 0.717) is 21.8 Å². The van der Waals surface area contributed by atoms with Gasteiger partial charge in [0, 0.05) is 30.2 Å². The van der Waals surface area contributed by atoms with Crippen LogP contribution >= 0.6 is 15.9 Å². The van der Waals surface area contributed by atoms with Crippen LogP contribution in [0.25, 0.3) is 0 Å². The van der Waals surface area contributed by atoms with E-state index in [-0.39, 0.29) is 12.5 Å². The molecule has 1 aromatic heterocycles. The maximum atomic E-state index is 13.5. The Kier molecular flexibility index (Phi) is 4.65. The first-order valence-electron chi connectivity index (χ1n) is 6.18. The first kappa shape index (κ1) is 14.8. The third kappa shape index (κ3) is 3.72. The van der Waals surface area contributed by atoms with Crippen molar-refractivity contribution in [3.8, 4) is 0 Å². The van der Waals surface area contributed by atoms with Gasteiger partial charge in [0.2, 0.25) is 0 Å². The minimum atomic E-state index is -0.585. The molecule has 3 nitrogen and oxygen atoms in total. The first-order chi connectivity index (χ1) is 9.45. The molecule has 0 aliphatic carbocycles. The van der Waals surface area contributed by atoms with Gasteiger partial charge in [0.05, 0.1) is 0 Å². The molecule has 6 heteroatoms. The fraction of sp³-hybridized carbons (Fsp3) is 0.286. The molecule has 106 valence electrons. The average Bonchev–Trinajstić information content (AvgIpc) is 2.37. The number of aromatic nitrogens is 2. The molecule has 20 heavy (non-hydrogen) atoms. The van der Waals surface area contributed by atoms with E-state index in [2.05, 4.69) is 31.2 Å². The molecule has 0 fully saturated rings. The Labute approximate surface area is 124 Å². The Morgan fingerprint density at radius 1 is 1.20 bits per heavy atom. The van der Waals surface area contributed by atoms with Gasteiger partial charge in [-0.2, -0.15) is 0 Å². The van der Waals surface area contributed by atoms with Crippen LogP contribution in [0.4, 0.5) is 14.6 Å². The molecule has 0 radical (unpaired) electrons. The number of hydrogen-bond acceptors (Lipinski definition) is 3. The van der Waals surface area contributed by atoms with Crippen molar-refractivity contribution in [2.75, 3.05) is 5.32 Å². The lowest BCUT2D eigenvalue weighted by atomic mass is 10.2. The van der Waals surface area contributed by atoms with Crippen LogP contribution in [0.15, 0.2) is 28.9 Å². The van der Waals surface area contributed by atoms with Crippen LogP contribution in [0.3, 0.4) is 0 Å². The molecule has 0 bridgehead atoms. The number of anilines is 1. The average molecular weight is 342 g/mol. The van der Waals surface area contributed by atoms with E-state index in [1.165, 1.54) is 12.1 Å². The van der Waals surface area contributed by atoms with Gasteiger partial charge in [-0.3, -0.25) is 0 Å². The van der Waals surface area contributed by atoms with E-state index in [0.717, 1.165) is 6.07 Å².